The van der Waals surface area contributed by atoms with Gasteiger partial charge in [0.1, 0.15) is 0 Å². The molecule has 27 heavy (non-hydrogen) atoms. The molecule has 0 aromatic heterocycles. The summed E-state index contributed by atoms with van der Waals surface area (Å²) in [5.41, 5.74) is 0.732. The van der Waals surface area contributed by atoms with Crippen molar-refractivity contribution in [3.05, 3.63) is 56.1 Å². The van der Waals surface area contributed by atoms with Gasteiger partial charge in [-0.05, 0) is 72.3 Å². The summed E-state index contributed by atoms with van der Waals surface area (Å²) in [6, 6.07) is 9.64. The van der Waals surface area contributed by atoms with Crippen LogP contribution in [-0.2, 0) is 4.74 Å². The Morgan fingerprint density at radius 2 is 1.74 bits per heavy atom. The molecule has 0 saturated heterocycles. The fraction of sp³-hybridized carbons (Fsp3) is 0.300. The van der Waals surface area contributed by atoms with E-state index in [0.717, 1.165) is 9.99 Å². The Morgan fingerprint density at radius 3 is 2.37 bits per heavy atom. The minimum atomic E-state index is -0.599. The quantitative estimate of drug-likeness (QED) is 0.269. The predicted octanol–water partition coefficient (Wildman–Crippen LogP) is 5.17. The molecular weight excluding hydrogens is 483 g/mol. The molecule has 0 heterocycles. The maximum absolute atomic E-state index is 12.4. The second-order valence-electron chi connectivity index (χ2n) is 5.57. The summed E-state index contributed by atoms with van der Waals surface area (Å²) >= 11 is 7.89. The summed E-state index contributed by atoms with van der Waals surface area (Å²) in [5.74, 6) is 0.183. The van der Waals surface area contributed by atoms with Gasteiger partial charge in [0, 0.05) is 10.6 Å². The lowest BCUT2D eigenvalue weighted by atomic mass is 10.1. The predicted molar refractivity (Wildman–Crippen MR) is 112 cm³/mol. The lowest BCUT2D eigenvalue weighted by molar-refractivity contribution is 0.0474. The van der Waals surface area contributed by atoms with Crippen LogP contribution in [0.4, 0.5) is 0 Å². The van der Waals surface area contributed by atoms with Gasteiger partial charge in [-0.15, -0.1) is 0 Å². The van der Waals surface area contributed by atoms with Gasteiger partial charge in [-0.2, -0.15) is 0 Å². The first-order valence-electron chi connectivity index (χ1n) is 8.51. The van der Waals surface area contributed by atoms with Gasteiger partial charge in [-0.25, -0.2) is 4.79 Å². The second kappa shape index (κ2) is 10.5. The second-order valence-corrected chi connectivity index (χ2v) is 7.17. The van der Waals surface area contributed by atoms with E-state index in [0.29, 0.717) is 40.9 Å². The Balaban J connectivity index is 2.10. The number of halogens is 2. The number of Topliss-reactive ketones (excluding diaryl/α,β-unsaturated/α-hetero) is 1. The van der Waals surface area contributed by atoms with Crippen molar-refractivity contribution in [1.29, 1.82) is 0 Å². The summed E-state index contributed by atoms with van der Waals surface area (Å²) in [5, 5.41) is 0.534. The number of carbonyl (C=O) groups excluding carboxylic acids is 2. The number of ketones is 1. The molecule has 0 spiro atoms. The van der Waals surface area contributed by atoms with Crippen molar-refractivity contribution in [2.45, 2.75) is 20.3 Å². The zero-order valence-corrected chi connectivity index (χ0v) is 18.0. The molecule has 0 bridgehead atoms. The van der Waals surface area contributed by atoms with Crippen LogP contribution in [0.1, 0.15) is 41.0 Å². The Kier molecular flexibility index (Phi) is 8.37. The number of hydrogen-bond donors (Lipinski definition) is 0. The Hall–Kier alpha value is -1.80. The monoisotopic (exact) mass is 502 g/mol. The highest BCUT2D eigenvalue weighted by Gasteiger charge is 2.18. The van der Waals surface area contributed by atoms with E-state index in [-0.39, 0.29) is 12.4 Å². The van der Waals surface area contributed by atoms with Gasteiger partial charge < -0.3 is 14.2 Å². The SMILES string of the molecule is CCCOc1c(I)cc(C(=O)OCC(=O)c2ccc(Cl)cc2)cc1OCC. The highest BCUT2D eigenvalue weighted by Crippen LogP contribution is 2.34. The van der Waals surface area contributed by atoms with E-state index in [2.05, 4.69) is 22.6 Å². The average Bonchev–Trinajstić information content (AvgIpc) is 2.65. The lowest BCUT2D eigenvalue weighted by Crippen LogP contribution is -2.15. The standard InChI is InChI=1S/C20H20ClIO5/c1-3-9-26-19-16(22)10-14(11-18(19)25-4-2)20(24)27-12-17(23)13-5-7-15(21)8-6-13/h5-8,10-11H,3-4,9,12H2,1-2H3. The molecule has 2 rings (SSSR count). The van der Waals surface area contributed by atoms with Crippen LogP contribution >= 0.6 is 34.2 Å². The van der Waals surface area contributed by atoms with Gasteiger partial charge in [0.15, 0.2) is 23.9 Å². The van der Waals surface area contributed by atoms with Gasteiger partial charge in [0.2, 0.25) is 0 Å². The molecule has 7 heteroatoms. The number of benzene rings is 2. The van der Waals surface area contributed by atoms with Crippen molar-refractivity contribution in [3.8, 4) is 11.5 Å². The van der Waals surface area contributed by atoms with Crippen molar-refractivity contribution in [3.63, 3.8) is 0 Å². The molecule has 5 nitrogen and oxygen atoms in total. The van der Waals surface area contributed by atoms with Gasteiger partial charge >= 0.3 is 5.97 Å². The van der Waals surface area contributed by atoms with E-state index >= 15 is 0 Å². The first kappa shape index (κ1) is 21.5. The summed E-state index contributed by atoms with van der Waals surface area (Å²) in [6.45, 7) is 4.50. The summed E-state index contributed by atoms with van der Waals surface area (Å²) in [4.78, 5) is 24.5. The molecule has 0 unspecified atom stereocenters. The van der Waals surface area contributed by atoms with Crippen LogP contribution < -0.4 is 9.47 Å². The minimum absolute atomic E-state index is 0.301. The van der Waals surface area contributed by atoms with Crippen molar-refractivity contribution >= 4 is 45.9 Å². The maximum atomic E-state index is 12.4. The van der Waals surface area contributed by atoms with Crippen LogP contribution in [0.25, 0.3) is 0 Å². The van der Waals surface area contributed by atoms with E-state index < -0.39 is 5.97 Å². The minimum Gasteiger partial charge on any atom is -0.490 e. The van der Waals surface area contributed by atoms with E-state index in [1.807, 2.05) is 13.8 Å². The third-order valence-corrected chi connectivity index (χ3v) is 4.55. The van der Waals surface area contributed by atoms with E-state index in [1.165, 1.54) is 0 Å². The number of rotatable bonds is 9. The molecule has 0 aliphatic carbocycles. The van der Waals surface area contributed by atoms with Crippen LogP contribution in [0.3, 0.4) is 0 Å². The largest absolute Gasteiger partial charge is 0.490 e. The van der Waals surface area contributed by atoms with E-state index in [1.54, 1.807) is 36.4 Å². The van der Waals surface area contributed by atoms with E-state index in [4.69, 9.17) is 25.8 Å². The zero-order chi connectivity index (χ0) is 19.8. The topological polar surface area (TPSA) is 61.8 Å². The van der Waals surface area contributed by atoms with Gasteiger partial charge in [0.25, 0.3) is 0 Å². The van der Waals surface area contributed by atoms with Gasteiger partial charge in [-0.1, -0.05) is 18.5 Å². The van der Waals surface area contributed by atoms with Gasteiger partial charge in [0.05, 0.1) is 22.3 Å². The maximum Gasteiger partial charge on any atom is 0.338 e. The Labute approximate surface area is 177 Å². The smallest absolute Gasteiger partial charge is 0.338 e. The fourth-order valence-corrected chi connectivity index (χ4v) is 3.11. The molecule has 2 aromatic rings. The van der Waals surface area contributed by atoms with Crippen LogP contribution in [0.5, 0.6) is 11.5 Å². The molecular formula is C20H20ClIO5. The molecule has 144 valence electrons. The average molecular weight is 503 g/mol. The third-order valence-electron chi connectivity index (χ3n) is 3.50. The summed E-state index contributed by atoms with van der Waals surface area (Å²) < 4.78 is 17.2. The van der Waals surface area contributed by atoms with Crippen LogP contribution in [-0.4, -0.2) is 31.6 Å². The molecule has 2 aromatic carbocycles. The first-order chi connectivity index (χ1) is 13.0. The number of hydrogen-bond acceptors (Lipinski definition) is 5. The summed E-state index contributed by atoms with van der Waals surface area (Å²) in [7, 11) is 0. The highest BCUT2D eigenvalue weighted by molar-refractivity contribution is 14.1. The Morgan fingerprint density at radius 1 is 1.04 bits per heavy atom. The number of carbonyl (C=O) groups is 2. The van der Waals surface area contributed by atoms with Crippen molar-refractivity contribution in [1.82, 2.24) is 0 Å². The van der Waals surface area contributed by atoms with Crippen LogP contribution in [0.2, 0.25) is 5.02 Å². The summed E-state index contributed by atoms with van der Waals surface area (Å²) in [6.07, 6.45) is 0.859. The molecule has 0 fully saturated rings. The van der Waals surface area contributed by atoms with E-state index in [9.17, 15) is 9.59 Å². The highest BCUT2D eigenvalue weighted by atomic mass is 127. The molecule has 0 N–H and O–H groups in total. The zero-order valence-electron chi connectivity index (χ0n) is 15.1. The first-order valence-corrected chi connectivity index (χ1v) is 9.97. The number of esters is 1. The fourth-order valence-electron chi connectivity index (χ4n) is 2.23. The van der Waals surface area contributed by atoms with Crippen LogP contribution in [0, 0.1) is 3.57 Å². The Bertz CT molecular complexity index is 805. The molecule has 0 saturated carbocycles. The van der Waals surface area contributed by atoms with Crippen molar-refractivity contribution < 1.29 is 23.8 Å². The third kappa shape index (κ3) is 6.10. The lowest BCUT2D eigenvalue weighted by Gasteiger charge is -2.15. The normalized spacial score (nSPS) is 10.4. The van der Waals surface area contributed by atoms with Crippen molar-refractivity contribution in [2.24, 2.45) is 0 Å². The number of ether oxygens (including phenoxy) is 3. The van der Waals surface area contributed by atoms with Crippen molar-refractivity contribution in [2.75, 3.05) is 19.8 Å². The van der Waals surface area contributed by atoms with Crippen LogP contribution in [0.15, 0.2) is 36.4 Å². The molecule has 0 atom stereocenters. The molecule has 0 aliphatic heterocycles. The molecule has 0 amide bonds. The van der Waals surface area contributed by atoms with Gasteiger partial charge in [-0.3, -0.25) is 4.79 Å². The molecule has 0 aliphatic rings. The molecule has 0 radical (unpaired) electrons.